The number of anilines is 1. The Bertz CT molecular complexity index is 787. The van der Waals surface area contributed by atoms with Crippen molar-refractivity contribution < 1.29 is 9.59 Å². The van der Waals surface area contributed by atoms with Gasteiger partial charge in [-0.1, -0.05) is 29.8 Å². The fourth-order valence-electron chi connectivity index (χ4n) is 2.51. The first-order chi connectivity index (χ1) is 11.4. The molecule has 0 spiro atoms. The number of nitrogens with zero attached hydrogens (tertiary/aromatic N) is 1. The van der Waals surface area contributed by atoms with Crippen LogP contribution in [0.4, 0.5) is 5.69 Å². The van der Waals surface area contributed by atoms with E-state index < -0.39 is 11.8 Å². The van der Waals surface area contributed by atoms with Crippen LogP contribution in [0.1, 0.15) is 27.8 Å². The van der Waals surface area contributed by atoms with Crippen LogP contribution in [0.25, 0.3) is 0 Å². The maximum atomic E-state index is 11.8. The molecule has 2 amide bonds. The molecule has 0 radical (unpaired) electrons. The summed E-state index contributed by atoms with van der Waals surface area (Å²) in [5.41, 5.74) is 8.05. The number of aryl methyl sites for hydroxylation is 4. The van der Waals surface area contributed by atoms with E-state index >= 15 is 0 Å². The summed E-state index contributed by atoms with van der Waals surface area (Å²) in [6.07, 6.45) is 1.56. The predicted molar refractivity (Wildman–Crippen MR) is 96.2 cm³/mol. The standard InChI is InChI=1S/C19H21N3O2/c1-12-6-5-7-16(10-12)21-18(23)19(24)22-20-11-17-14(3)8-13(2)9-15(17)4/h5-11H,1-4H3,(H,21,23)(H,22,24)/b20-11+. The van der Waals surface area contributed by atoms with Gasteiger partial charge in [-0.05, 0) is 56.5 Å². The van der Waals surface area contributed by atoms with Crippen LogP contribution in [0.2, 0.25) is 0 Å². The van der Waals surface area contributed by atoms with E-state index in [1.165, 1.54) is 5.56 Å². The third-order valence-corrected chi connectivity index (χ3v) is 3.58. The summed E-state index contributed by atoms with van der Waals surface area (Å²) in [5.74, 6) is -1.56. The van der Waals surface area contributed by atoms with Crippen molar-refractivity contribution in [1.82, 2.24) is 5.43 Å². The molecule has 0 aliphatic carbocycles. The molecule has 2 aromatic rings. The molecule has 124 valence electrons. The lowest BCUT2D eigenvalue weighted by atomic mass is 10.0. The molecule has 0 heterocycles. The van der Waals surface area contributed by atoms with Crippen molar-refractivity contribution in [3.8, 4) is 0 Å². The van der Waals surface area contributed by atoms with Crippen molar-refractivity contribution >= 4 is 23.7 Å². The summed E-state index contributed by atoms with van der Waals surface area (Å²) in [6, 6.07) is 11.3. The quantitative estimate of drug-likeness (QED) is 0.518. The van der Waals surface area contributed by atoms with E-state index in [4.69, 9.17) is 0 Å². The molecular weight excluding hydrogens is 302 g/mol. The Labute approximate surface area is 141 Å². The SMILES string of the molecule is Cc1cccc(NC(=O)C(=O)N/N=C/c2c(C)cc(C)cc2C)c1. The summed E-state index contributed by atoms with van der Waals surface area (Å²) in [4.78, 5) is 23.7. The average Bonchev–Trinajstić information content (AvgIpc) is 2.49. The third kappa shape index (κ3) is 4.52. The van der Waals surface area contributed by atoms with E-state index in [0.717, 1.165) is 22.3 Å². The topological polar surface area (TPSA) is 70.6 Å². The molecule has 0 saturated carbocycles. The number of hydrogen-bond donors (Lipinski definition) is 2. The molecule has 2 rings (SSSR count). The Morgan fingerprint density at radius 3 is 2.21 bits per heavy atom. The smallest absolute Gasteiger partial charge is 0.318 e. The van der Waals surface area contributed by atoms with Gasteiger partial charge in [0, 0.05) is 11.3 Å². The van der Waals surface area contributed by atoms with Crippen molar-refractivity contribution in [3.63, 3.8) is 0 Å². The number of benzene rings is 2. The van der Waals surface area contributed by atoms with Gasteiger partial charge in [0.15, 0.2) is 0 Å². The summed E-state index contributed by atoms with van der Waals surface area (Å²) in [6.45, 7) is 7.89. The van der Waals surface area contributed by atoms with Crippen LogP contribution in [-0.2, 0) is 9.59 Å². The maximum Gasteiger partial charge on any atom is 0.329 e. The molecule has 0 aliphatic heterocycles. The van der Waals surface area contributed by atoms with E-state index in [9.17, 15) is 9.59 Å². The highest BCUT2D eigenvalue weighted by molar-refractivity contribution is 6.39. The molecule has 24 heavy (non-hydrogen) atoms. The number of nitrogens with one attached hydrogen (secondary N) is 2. The minimum absolute atomic E-state index is 0.573. The van der Waals surface area contributed by atoms with Crippen molar-refractivity contribution in [2.24, 2.45) is 5.10 Å². The fourth-order valence-corrected chi connectivity index (χ4v) is 2.51. The van der Waals surface area contributed by atoms with E-state index in [-0.39, 0.29) is 0 Å². The van der Waals surface area contributed by atoms with E-state index in [1.54, 1.807) is 18.3 Å². The molecule has 0 saturated heterocycles. The molecular formula is C19H21N3O2. The van der Waals surface area contributed by atoms with Crippen LogP contribution in [0, 0.1) is 27.7 Å². The number of rotatable bonds is 3. The summed E-state index contributed by atoms with van der Waals surface area (Å²) in [5, 5.41) is 6.42. The van der Waals surface area contributed by atoms with Crippen molar-refractivity contribution in [2.45, 2.75) is 27.7 Å². The van der Waals surface area contributed by atoms with Gasteiger partial charge >= 0.3 is 11.8 Å². The number of amides is 2. The molecule has 0 aromatic heterocycles. The van der Waals surface area contributed by atoms with Gasteiger partial charge in [-0.15, -0.1) is 0 Å². The summed E-state index contributed by atoms with van der Waals surface area (Å²) < 4.78 is 0. The molecule has 5 nitrogen and oxygen atoms in total. The Morgan fingerprint density at radius 1 is 0.917 bits per heavy atom. The molecule has 5 heteroatoms. The normalized spacial score (nSPS) is 10.7. The Kier molecular flexibility index (Phi) is 5.47. The second kappa shape index (κ2) is 7.55. The zero-order valence-corrected chi connectivity index (χ0v) is 14.3. The second-order valence-electron chi connectivity index (χ2n) is 5.84. The first-order valence-corrected chi connectivity index (χ1v) is 7.65. The van der Waals surface area contributed by atoms with Crippen LogP contribution in [0.3, 0.4) is 0 Å². The van der Waals surface area contributed by atoms with Gasteiger partial charge in [0.05, 0.1) is 6.21 Å². The predicted octanol–water partition coefficient (Wildman–Crippen LogP) is 3.01. The molecule has 0 fully saturated rings. The zero-order valence-electron chi connectivity index (χ0n) is 14.3. The largest absolute Gasteiger partial charge is 0.329 e. The summed E-state index contributed by atoms with van der Waals surface area (Å²) >= 11 is 0. The number of carbonyl (C=O) groups is 2. The highest BCUT2D eigenvalue weighted by Crippen LogP contribution is 2.14. The first-order valence-electron chi connectivity index (χ1n) is 7.65. The van der Waals surface area contributed by atoms with Gasteiger partial charge in [-0.25, -0.2) is 5.43 Å². The van der Waals surface area contributed by atoms with Crippen LogP contribution < -0.4 is 10.7 Å². The van der Waals surface area contributed by atoms with Crippen LogP contribution in [-0.4, -0.2) is 18.0 Å². The minimum Gasteiger partial charge on any atom is -0.318 e. The lowest BCUT2D eigenvalue weighted by molar-refractivity contribution is -0.136. The van der Waals surface area contributed by atoms with Crippen LogP contribution in [0.15, 0.2) is 41.5 Å². The van der Waals surface area contributed by atoms with Gasteiger partial charge < -0.3 is 5.32 Å². The maximum absolute atomic E-state index is 11.8. The zero-order chi connectivity index (χ0) is 17.7. The fraction of sp³-hybridized carbons (Fsp3) is 0.211. The molecule has 2 N–H and O–H groups in total. The number of carbonyl (C=O) groups excluding carboxylic acids is 2. The molecule has 2 aromatic carbocycles. The van der Waals surface area contributed by atoms with Gasteiger partial charge in [0.25, 0.3) is 0 Å². The van der Waals surface area contributed by atoms with Gasteiger partial charge in [-0.3, -0.25) is 9.59 Å². The Hall–Kier alpha value is -2.95. The van der Waals surface area contributed by atoms with Crippen molar-refractivity contribution in [3.05, 3.63) is 64.2 Å². The number of hydrogen-bond acceptors (Lipinski definition) is 3. The molecule has 0 unspecified atom stereocenters. The third-order valence-electron chi connectivity index (χ3n) is 3.58. The Balaban J connectivity index is 1.99. The minimum atomic E-state index is -0.810. The van der Waals surface area contributed by atoms with E-state index in [1.807, 2.05) is 52.0 Å². The van der Waals surface area contributed by atoms with Gasteiger partial charge in [0.1, 0.15) is 0 Å². The molecule has 0 aliphatic rings. The van der Waals surface area contributed by atoms with Crippen LogP contribution >= 0.6 is 0 Å². The average molecular weight is 323 g/mol. The van der Waals surface area contributed by atoms with E-state index in [2.05, 4.69) is 15.8 Å². The van der Waals surface area contributed by atoms with Gasteiger partial charge in [0.2, 0.25) is 0 Å². The Morgan fingerprint density at radius 2 is 1.58 bits per heavy atom. The van der Waals surface area contributed by atoms with Crippen molar-refractivity contribution in [1.29, 1.82) is 0 Å². The van der Waals surface area contributed by atoms with E-state index in [0.29, 0.717) is 5.69 Å². The lowest BCUT2D eigenvalue weighted by Crippen LogP contribution is -2.32. The monoisotopic (exact) mass is 323 g/mol. The highest BCUT2D eigenvalue weighted by Gasteiger charge is 2.12. The van der Waals surface area contributed by atoms with Crippen LogP contribution in [0.5, 0.6) is 0 Å². The number of hydrazone groups is 1. The second-order valence-corrected chi connectivity index (χ2v) is 5.84. The molecule has 0 atom stereocenters. The first kappa shape index (κ1) is 17.4. The molecule has 0 bridgehead atoms. The summed E-state index contributed by atoms with van der Waals surface area (Å²) in [7, 11) is 0. The lowest BCUT2D eigenvalue weighted by Gasteiger charge is -2.07. The highest BCUT2D eigenvalue weighted by atomic mass is 16.2. The van der Waals surface area contributed by atoms with Gasteiger partial charge in [-0.2, -0.15) is 5.10 Å². The van der Waals surface area contributed by atoms with Crippen molar-refractivity contribution in [2.75, 3.05) is 5.32 Å².